The predicted octanol–water partition coefficient (Wildman–Crippen LogP) is 5.82. The lowest BCUT2D eigenvalue weighted by atomic mass is 10.00. The lowest BCUT2D eigenvalue weighted by Gasteiger charge is -2.37. The average Bonchev–Trinajstić information content (AvgIpc) is 2.75. The molecule has 3 aromatic carbocycles. The van der Waals surface area contributed by atoms with Crippen LogP contribution in [-0.2, 0) is 11.3 Å². The second-order valence-corrected chi connectivity index (χ2v) is 8.18. The number of aromatic carboxylic acids is 1. The molecule has 0 saturated carbocycles. The van der Waals surface area contributed by atoms with Crippen molar-refractivity contribution in [3.8, 4) is 0 Å². The maximum atomic E-state index is 11.0. The van der Waals surface area contributed by atoms with E-state index in [1.165, 1.54) is 0 Å². The molecule has 0 bridgehead atoms. The zero-order chi connectivity index (χ0) is 21.6. The maximum absolute atomic E-state index is 11.0. The van der Waals surface area contributed by atoms with E-state index >= 15 is 0 Å². The van der Waals surface area contributed by atoms with Gasteiger partial charge in [-0.3, -0.25) is 4.90 Å². The van der Waals surface area contributed by atoms with Crippen molar-refractivity contribution in [2.45, 2.75) is 32.0 Å². The van der Waals surface area contributed by atoms with Crippen LogP contribution in [-0.4, -0.2) is 35.2 Å². The first-order valence-corrected chi connectivity index (χ1v) is 10.1. The number of ether oxygens (including phenoxy) is 1. The number of hydrogen-bond donors (Lipinski definition) is 1. The molecule has 0 amide bonds. The molecule has 5 heteroatoms. The third-order valence-corrected chi connectivity index (χ3v) is 5.46. The first kappa shape index (κ1) is 24.6. The number of hydrogen-bond acceptors (Lipinski definition) is 3. The van der Waals surface area contributed by atoms with Crippen molar-refractivity contribution in [1.29, 1.82) is 0 Å². The fraction of sp³-hybridized carbons (Fsp3) is 0.269. The first-order chi connectivity index (χ1) is 14.4. The Labute approximate surface area is 190 Å². The quantitative estimate of drug-likeness (QED) is 0.456. The molecular weight excluding hydrogens is 410 g/mol. The van der Waals surface area contributed by atoms with Crippen LogP contribution in [0.1, 0.15) is 47.0 Å². The van der Waals surface area contributed by atoms with Crippen LogP contribution in [0.25, 0.3) is 0 Å². The summed E-state index contributed by atoms with van der Waals surface area (Å²) in [6.07, 6.45) is -0.130. The van der Waals surface area contributed by atoms with Crippen LogP contribution >= 0.6 is 12.4 Å². The van der Waals surface area contributed by atoms with Crippen LogP contribution in [0.2, 0.25) is 0 Å². The first-order valence-electron chi connectivity index (χ1n) is 10.1. The molecule has 3 aromatic rings. The van der Waals surface area contributed by atoms with Crippen molar-refractivity contribution in [2.75, 3.05) is 13.7 Å². The Morgan fingerprint density at radius 1 is 0.903 bits per heavy atom. The van der Waals surface area contributed by atoms with Gasteiger partial charge in [-0.05, 0) is 49.7 Å². The van der Waals surface area contributed by atoms with Crippen LogP contribution < -0.4 is 0 Å². The number of halogens is 1. The van der Waals surface area contributed by atoms with E-state index in [1.54, 1.807) is 12.1 Å². The van der Waals surface area contributed by atoms with Crippen LogP contribution in [0.15, 0.2) is 84.9 Å². The second kappa shape index (κ2) is 11.1. The Hall–Kier alpha value is -2.66. The van der Waals surface area contributed by atoms with Crippen molar-refractivity contribution in [2.24, 2.45) is 0 Å². The maximum Gasteiger partial charge on any atom is 0.335 e. The zero-order valence-electron chi connectivity index (χ0n) is 18.2. The van der Waals surface area contributed by atoms with Gasteiger partial charge in [-0.1, -0.05) is 72.8 Å². The second-order valence-electron chi connectivity index (χ2n) is 8.18. The SMILES string of the molecule is CN(Cc1ccc(C(=O)O)cc1)C(C)(C)COC(c1ccccc1)c1ccccc1.Cl. The molecule has 164 valence electrons. The van der Waals surface area contributed by atoms with Crippen molar-refractivity contribution in [3.63, 3.8) is 0 Å². The van der Waals surface area contributed by atoms with Gasteiger partial charge >= 0.3 is 5.97 Å². The highest BCUT2D eigenvalue weighted by molar-refractivity contribution is 5.87. The Balaban J connectivity index is 0.00000341. The minimum atomic E-state index is -0.906. The highest BCUT2D eigenvalue weighted by Gasteiger charge is 2.26. The van der Waals surface area contributed by atoms with Crippen molar-refractivity contribution in [3.05, 3.63) is 107 Å². The van der Waals surface area contributed by atoms with E-state index in [-0.39, 0.29) is 24.0 Å². The summed E-state index contributed by atoms with van der Waals surface area (Å²) in [7, 11) is 2.06. The van der Waals surface area contributed by atoms with Gasteiger partial charge in [-0.2, -0.15) is 0 Å². The minimum Gasteiger partial charge on any atom is -0.478 e. The fourth-order valence-corrected chi connectivity index (χ4v) is 3.28. The summed E-state index contributed by atoms with van der Waals surface area (Å²) in [5, 5.41) is 9.07. The number of carboxylic acid groups (broad SMARTS) is 1. The Bertz CT molecular complexity index is 904. The molecule has 3 rings (SSSR count). The number of carbonyl (C=O) groups is 1. The monoisotopic (exact) mass is 439 g/mol. The van der Waals surface area contributed by atoms with E-state index in [0.717, 1.165) is 16.7 Å². The number of carboxylic acids is 1. The van der Waals surface area contributed by atoms with Gasteiger partial charge in [0.15, 0.2) is 0 Å². The molecule has 0 aliphatic rings. The van der Waals surface area contributed by atoms with Crippen molar-refractivity contribution >= 4 is 18.4 Å². The summed E-state index contributed by atoms with van der Waals surface area (Å²) in [5.74, 6) is -0.906. The van der Waals surface area contributed by atoms with Gasteiger partial charge in [-0.15, -0.1) is 12.4 Å². The molecule has 0 atom stereocenters. The number of likely N-dealkylation sites (N-methyl/N-ethyl adjacent to an activating group) is 1. The van der Waals surface area contributed by atoms with Gasteiger partial charge < -0.3 is 9.84 Å². The van der Waals surface area contributed by atoms with Crippen LogP contribution in [0, 0.1) is 0 Å². The zero-order valence-corrected chi connectivity index (χ0v) is 19.0. The highest BCUT2D eigenvalue weighted by atomic mass is 35.5. The van der Waals surface area contributed by atoms with Crippen LogP contribution in [0.5, 0.6) is 0 Å². The standard InChI is InChI=1S/C26H29NO3.ClH/c1-26(2,27(3)18-20-14-16-23(17-15-20)25(28)29)19-30-24(21-10-6-4-7-11-21)22-12-8-5-9-13-22;/h4-17,24H,18-19H2,1-3H3,(H,28,29);1H. The molecule has 0 heterocycles. The topological polar surface area (TPSA) is 49.8 Å². The highest BCUT2D eigenvalue weighted by Crippen LogP contribution is 2.28. The smallest absolute Gasteiger partial charge is 0.335 e. The van der Waals surface area contributed by atoms with E-state index in [9.17, 15) is 4.79 Å². The van der Waals surface area contributed by atoms with Gasteiger partial charge in [0.2, 0.25) is 0 Å². The summed E-state index contributed by atoms with van der Waals surface area (Å²) < 4.78 is 6.47. The van der Waals surface area contributed by atoms with E-state index in [0.29, 0.717) is 18.7 Å². The minimum absolute atomic E-state index is 0. The molecule has 0 aliphatic carbocycles. The molecule has 0 radical (unpaired) electrons. The molecule has 31 heavy (non-hydrogen) atoms. The lowest BCUT2D eigenvalue weighted by Crippen LogP contribution is -2.44. The Kier molecular flexibility index (Phi) is 8.81. The third-order valence-electron chi connectivity index (χ3n) is 5.46. The Morgan fingerprint density at radius 3 is 1.84 bits per heavy atom. The molecule has 0 unspecified atom stereocenters. The van der Waals surface area contributed by atoms with E-state index in [2.05, 4.69) is 50.1 Å². The molecule has 0 aromatic heterocycles. The van der Waals surface area contributed by atoms with E-state index in [1.807, 2.05) is 48.5 Å². The molecule has 0 spiro atoms. The fourth-order valence-electron chi connectivity index (χ4n) is 3.28. The summed E-state index contributed by atoms with van der Waals surface area (Å²) in [6.45, 7) is 5.57. The van der Waals surface area contributed by atoms with Crippen LogP contribution in [0.4, 0.5) is 0 Å². The lowest BCUT2D eigenvalue weighted by molar-refractivity contribution is -0.00737. The summed E-state index contributed by atoms with van der Waals surface area (Å²) in [4.78, 5) is 13.3. The van der Waals surface area contributed by atoms with E-state index < -0.39 is 5.97 Å². The van der Waals surface area contributed by atoms with Gasteiger partial charge in [0, 0.05) is 12.1 Å². The molecule has 4 nitrogen and oxygen atoms in total. The third kappa shape index (κ3) is 6.66. The van der Waals surface area contributed by atoms with Gasteiger partial charge in [0.25, 0.3) is 0 Å². The van der Waals surface area contributed by atoms with Gasteiger partial charge in [0.1, 0.15) is 6.10 Å². The van der Waals surface area contributed by atoms with Gasteiger partial charge in [0.05, 0.1) is 12.2 Å². The van der Waals surface area contributed by atoms with Crippen molar-refractivity contribution < 1.29 is 14.6 Å². The number of nitrogens with zero attached hydrogens (tertiary/aromatic N) is 1. The summed E-state index contributed by atoms with van der Waals surface area (Å²) in [6, 6.07) is 27.6. The summed E-state index contributed by atoms with van der Waals surface area (Å²) in [5.41, 5.74) is 3.42. The van der Waals surface area contributed by atoms with Crippen LogP contribution in [0.3, 0.4) is 0 Å². The summed E-state index contributed by atoms with van der Waals surface area (Å²) >= 11 is 0. The normalized spacial score (nSPS) is 11.4. The molecule has 1 N–H and O–H groups in total. The van der Waals surface area contributed by atoms with Crippen molar-refractivity contribution in [1.82, 2.24) is 4.90 Å². The number of rotatable bonds is 9. The van der Waals surface area contributed by atoms with E-state index in [4.69, 9.17) is 9.84 Å². The molecule has 0 saturated heterocycles. The largest absolute Gasteiger partial charge is 0.478 e. The molecule has 0 fully saturated rings. The predicted molar refractivity (Wildman–Crippen MR) is 127 cm³/mol. The van der Waals surface area contributed by atoms with Gasteiger partial charge in [-0.25, -0.2) is 4.79 Å². The Morgan fingerprint density at radius 2 is 1.39 bits per heavy atom. The molecular formula is C26H30ClNO3. The number of benzene rings is 3. The molecule has 0 aliphatic heterocycles. The average molecular weight is 440 g/mol.